The number of aryl methyl sites for hydroxylation is 2. The van der Waals surface area contributed by atoms with E-state index in [9.17, 15) is 9.59 Å². The van der Waals surface area contributed by atoms with Crippen molar-refractivity contribution in [3.8, 4) is 11.5 Å². The van der Waals surface area contributed by atoms with Gasteiger partial charge in [-0.05, 0) is 55.0 Å². The minimum atomic E-state index is -0.223. The number of fused-ring (bicyclic) bond motifs is 2. The van der Waals surface area contributed by atoms with Crippen LogP contribution in [0.3, 0.4) is 0 Å². The topological polar surface area (TPSA) is 82.4 Å². The highest BCUT2D eigenvalue weighted by molar-refractivity contribution is 5.91. The molecule has 0 fully saturated rings. The Morgan fingerprint density at radius 1 is 1.19 bits per heavy atom. The second-order valence-electron chi connectivity index (χ2n) is 6.62. The van der Waals surface area contributed by atoms with Gasteiger partial charge in [-0.25, -0.2) is 4.68 Å². The van der Waals surface area contributed by atoms with Crippen molar-refractivity contribution in [1.29, 1.82) is 0 Å². The van der Waals surface area contributed by atoms with Crippen LogP contribution in [0.1, 0.15) is 29.7 Å². The van der Waals surface area contributed by atoms with Gasteiger partial charge in [0.1, 0.15) is 0 Å². The fourth-order valence-corrected chi connectivity index (χ4v) is 3.29. The molecule has 4 rings (SSSR count). The van der Waals surface area contributed by atoms with E-state index >= 15 is 0 Å². The van der Waals surface area contributed by atoms with Gasteiger partial charge in [-0.3, -0.25) is 9.59 Å². The summed E-state index contributed by atoms with van der Waals surface area (Å²) in [6, 6.07) is 7.17. The lowest BCUT2D eigenvalue weighted by molar-refractivity contribution is -0.116. The SMILES string of the molecule is O=C(/C=C/c1ccc2c(c1)OCO2)NCCn1nc2c(cc1=O)CCCC2. The molecule has 7 nitrogen and oxygen atoms in total. The lowest BCUT2D eigenvalue weighted by Crippen LogP contribution is -2.32. The van der Waals surface area contributed by atoms with Crippen molar-refractivity contribution in [2.75, 3.05) is 13.3 Å². The smallest absolute Gasteiger partial charge is 0.267 e. The minimum absolute atomic E-state index is 0.110. The first kappa shape index (κ1) is 17.3. The summed E-state index contributed by atoms with van der Waals surface area (Å²) in [5.41, 5.74) is 2.82. The number of nitrogens with one attached hydrogen (secondary N) is 1. The summed E-state index contributed by atoms with van der Waals surface area (Å²) in [7, 11) is 0. The Hall–Kier alpha value is -3.09. The molecule has 27 heavy (non-hydrogen) atoms. The highest BCUT2D eigenvalue weighted by Gasteiger charge is 2.13. The third kappa shape index (κ3) is 4.02. The molecule has 2 aromatic rings. The summed E-state index contributed by atoms with van der Waals surface area (Å²) in [5, 5.41) is 7.23. The minimum Gasteiger partial charge on any atom is -0.454 e. The van der Waals surface area contributed by atoms with Crippen LogP contribution in [0.15, 0.2) is 35.1 Å². The first-order chi connectivity index (χ1) is 13.2. The van der Waals surface area contributed by atoms with E-state index in [0.717, 1.165) is 42.5 Å². The molecule has 7 heteroatoms. The van der Waals surface area contributed by atoms with E-state index in [2.05, 4.69) is 10.4 Å². The van der Waals surface area contributed by atoms with Crippen LogP contribution in [0.5, 0.6) is 11.5 Å². The summed E-state index contributed by atoms with van der Waals surface area (Å²) < 4.78 is 12.0. The molecule has 1 aliphatic heterocycles. The molecule has 0 radical (unpaired) electrons. The molecule has 1 aromatic heterocycles. The van der Waals surface area contributed by atoms with Gasteiger partial charge in [-0.2, -0.15) is 5.10 Å². The molecular weight excluding hydrogens is 346 g/mol. The first-order valence-corrected chi connectivity index (χ1v) is 9.14. The number of carbonyl (C=O) groups is 1. The molecule has 2 aliphatic rings. The maximum absolute atomic E-state index is 12.1. The van der Waals surface area contributed by atoms with Crippen LogP contribution in [-0.4, -0.2) is 29.0 Å². The number of rotatable bonds is 5. The first-order valence-electron chi connectivity index (χ1n) is 9.14. The zero-order chi connectivity index (χ0) is 18.6. The fraction of sp³-hybridized carbons (Fsp3) is 0.350. The van der Waals surface area contributed by atoms with E-state index in [1.54, 1.807) is 12.1 Å². The average molecular weight is 367 g/mol. The molecule has 0 saturated heterocycles. The standard InChI is InChI=1S/C20H21N3O4/c24-19(8-6-14-5-7-17-18(11-14)27-13-26-17)21-9-10-23-20(25)12-15-3-1-2-4-16(15)22-23/h5-8,11-12H,1-4,9-10,13H2,(H,21,24)/b8-6+. The van der Waals surface area contributed by atoms with Crippen LogP contribution in [0.2, 0.25) is 0 Å². The van der Waals surface area contributed by atoms with Crippen molar-refractivity contribution in [1.82, 2.24) is 15.1 Å². The number of hydrogen-bond donors (Lipinski definition) is 1. The van der Waals surface area contributed by atoms with Crippen molar-refractivity contribution >= 4 is 12.0 Å². The molecule has 1 aliphatic carbocycles. The summed E-state index contributed by atoms with van der Waals surface area (Å²) in [6.45, 7) is 0.921. The van der Waals surface area contributed by atoms with E-state index in [0.29, 0.717) is 24.6 Å². The van der Waals surface area contributed by atoms with Crippen molar-refractivity contribution in [2.45, 2.75) is 32.2 Å². The molecule has 0 bridgehead atoms. The zero-order valence-corrected chi connectivity index (χ0v) is 14.9. The number of aromatic nitrogens is 2. The Bertz CT molecular complexity index is 949. The normalized spacial score (nSPS) is 15.0. The van der Waals surface area contributed by atoms with Gasteiger partial charge < -0.3 is 14.8 Å². The maximum atomic E-state index is 12.1. The van der Waals surface area contributed by atoms with Crippen LogP contribution in [-0.2, 0) is 24.2 Å². The second-order valence-corrected chi connectivity index (χ2v) is 6.62. The number of hydrogen-bond acceptors (Lipinski definition) is 5. The van der Waals surface area contributed by atoms with Gasteiger partial charge in [0.15, 0.2) is 11.5 Å². The van der Waals surface area contributed by atoms with Gasteiger partial charge in [0.25, 0.3) is 5.56 Å². The van der Waals surface area contributed by atoms with Gasteiger partial charge in [-0.1, -0.05) is 6.07 Å². The lowest BCUT2D eigenvalue weighted by atomic mass is 9.97. The van der Waals surface area contributed by atoms with Crippen LogP contribution in [0, 0.1) is 0 Å². The summed E-state index contributed by atoms with van der Waals surface area (Å²) >= 11 is 0. The number of amides is 1. The molecule has 1 amide bonds. The summed E-state index contributed by atoms with van der Waals surface area (Å²) in [4.78, 5) is 24.1. The van der Waals surface area contributed by atoms with Gasteiger partial charge in [0.2, 0.25) is 12.7 Å². The van der Waals surface area contributed by atoms with Crippen LogP contribution < -0.4 is 20.3 Å². The second kappa shape index (κ2) is 7.65. The molecular formula is C20H21N3O4. The van der Waals surface area contributed by atoms with Crippen molar-refractivity contribution in [3.63, 3.8) is 0 Å². The average Bonchev–Trinajstić information content (AvgIpc) is 3.14. The van der Waals surface area contributed by atoms with Crippen LogP contribution >= 0.6 is 0 Å². The fourth-order valence-electron chi connectivity index (χ4n) is 3.29. The number of ether oxygens (including phenoxy) is 2. The Morgan fingerprint density at radius 3 is 2.96 bits per heavy atom. The highest BCUT2D eigenvalue weighted by atomic mass is 16.7. The molecule has 1 N–H and O–H groups in total. The third-order valence-electron chi connectivity index (χ3n) is 4.72. The van der Waals surface area contributed by atoms with Gasteiger partial charge >= 0.3 is 0 Å². The molecule has 140 valence electrons. The maximum Gasteiger partial charge on any atom is 0.267 e. The number of benzene rings is 1. The van der Waals surface area contributed by atoms with Crippen molar-refractivity contribution in [2.24, 2.45) is 0 Å². The van der Waals surface area contributed by atoms with E-state index in [1.165, 1.54) is 10.8 Å². The quantitative estimate of drug-likeness (QED) is 0.813. The monoisotopic (exact) mass is 367 g/mol. The van der Waals surface area contributed by atoms with Gasteiger partial charge in [0.05, 0.1) is 12.2 Å². The van der Waals surface area contributed by atoms with E-state index in [-0.39, 0.29) is 18.3 Å². The van der Waals surface area contributed by atoms with Gasteiger partial charge in [-0.15, -0.1) is 0 Å². The number of carbonyl (C=O) groups excluding carboxylic acids is 1. The van der Waals surface area contributed by atoms with E-state index in [4.69, 9.17) is 9.47 Å². The molecule has 0 saturated carbocycles. The van der Waals surface area contributed by atoms with Crippen molar-refractivity contribution < 1.29 is 14.3 Å². The Kier molecular flexibility index (Phi) is 4.91. The highest BCUT2D eigenvalue weighted by Crippen LogP contribution is 2.32. The Balaban J connectivity index is 1.31. The van der Waals surface area contributed by atoms with Crippen LogP contribution in [0.25, 0.3) is 6.08 Å². The predicted molar refractivity (Wildman–Crippen MR) is 99.7 cm³/mol. The molecule has 2 heterocycles. The third-order valence-corrected chi connectivity index (χ3v) is 4.72. The van der Waals surface area contributed by atoms with E-state index < -0.39 is 0 Å². The Morgan fingerprint density at radius 2 is 2.04 bits per heavy atom. The molecule has 0 spiro atoms. The van der Waals surface area contributed by atoms with Crippen LogP contribution in [0.4, 0.5) is 0 Å². The summed E-state index contributed by atoms with van der Waals surface area (Å²) in [6.07, 6.45) is 7.24. The number of nitrogens with zero attached hydrogens (tertiary/aromatic N) is 2. The van der Waals surface area contributed by atoms with E-state index in [1.807, 2.05) is 18.2 Å². The van der Waals surface area contributed by atoms with Gasteiger partial charge in [0, 0.05) is 18.7 Å². The molecule has 0 unspecified atom stereocenters. The lowest BCUT2D eigenvalue weighted by Gasteiger charge is -2.15. The van der Waals surface area contributed by atoms with Crippen molar-refractivity contribution in [3.05, 3.63) is 57.5 Å². The zero-order valence-electron chi connectivity index (χ0n) is 14.9. The summed E-state index contributed by atoms with van der Waals surface area (Å²) in [5.74, 6) is 1.16. The largest absolute Gasteiger partial charge is 0.454 e. The predicted octanol–water partition coefficient (Wildman–Crippen LogP) is 1.68. The Labute approximate surface area is 156 Å². The molecule has 1 aromatic carbocycles. The molecule has 0 atom stereocenters.